The lowest BCUT2D eigenvalue weighted by Gasteiger charge is -2.35. The van der Waals surface area contributed by atoms with E-state index in [0.717, 1.165) is 38.2 Å². The Kier molecular flexibility index (Phi) is 4.42. The van der Waals surface area contributed by atoms with Gasteiger partial charge in [0.2, 0.25) is 5.91 Å². The third kappa shape index (κ3) is 3.37. The van der Waals surface area contributed by atoms with Crippen molar-refractivity contribution in [2.75, 3.05) is 13.1 Å². The van der Waals surface area contributed by atoms with Crippen LogP contribution < -0.4 is 0 Å². The highest BCUT2D eigenvalue weighted by Crippen LogP contribution is 2.31. The summed E-state index contributed by atoms with van der Waals surface area (Å²) >= 11 is 1.60. The molecule has 2 atom stereocenters. The fourth-order valence-electron chi connectivity index (χ4n) is 4.55. The number of aromatic nitrogens is 1. The number of rotatable bonds is 4. The lowest BCUT2D eigenvalue weighted by Crippen LogP contribution is -2.47. The maximum absolute atomic E-state index is 13.0. The minimum Gasteiger partial charge on any atom is -0.332 e. The monoisotopic (exact) mass is 377 g/mol. The van der Waals surface area contributed by atoms with Gasteiger partial charge in [-0.05, 0) is 35.2 Å². The van der Waals surface area contributed by atoms with Gasteiger partial charge in [-0.1, -0.05) is 36.4 Å². The molecule has 0 saturated carbocycles. The van der Waals surface area contributed by atoms with E-state index in [-0.39, 0.29) is 5.92 Å². The van der Waals surface area contributed by atoms with Gasteiger partial charge in [-0.3, -0.25) is 9.69 Å². The fourth-order valence-corrected chi connectivity index (χ4v) is 5.10. The van der Waals surface area contributed by atoms with Crippen molar-refractivity contribution in [1.29, 1.82) is 0 Å². The van der Waals surface area contributed by atoms with Crippen LogP contribution in [0.5, 0.6) is 0 Å². The third-order valence-electron chi connectivity index (χ3n) is 5.90. The molecule has 6 rings (SSSR count). The SMILES string of the molecule is O=C1[C@H]2CC[C@H](CN(Cc3ccc4ccccc4c3)C2)N1Cc1cscn1. The van der Waals surface area contributed by atoms with Gasteiger partial charge in [0.05, 0.1) is 23.7 Å². The van der Waals surface area contributed by atoms with Gasteiger partial charge in [0, 0.05) is 31.1 Å². The number of carbonyl (C=O) groups is 1. The molecule has 3 aliphatic heterocycles. The zero-order valence-electron chi connectivity index (χ0n) is 15.3. The molecule has 3 aromatic rings. The van der Waals surface area contributed by atoms with Crippen LogP contribution in [0.3, 0.4) is 0 Å². The third-order valence-corrected chi connectivity index (χ3v) is 6.54. The molecule has 3 fully saturated rings. The molecule has 3 aliphatic rings. The van der Waals surface area contributed by atoms with Gasteiger partial charge in [0.1, 0.15) is 0 Å². The zero-order chi connectivity index (χ0) is 18.2. The van der Waals surface area contributed by atoms with Crippen molar-refractivity contribution in [3.8, 4) is 0 Å². The number of thiazole rings is 1. The molecule has 2 bridgehead atoms. The molecule has 0 unspecified atom stereocenters. The van der Waals surface area contributed by atoms with Crippen LogP contribution in [0.15, 0.2) is 53.4 Å². The molecule has 4 nitrogen and oxygen atoms in total. The summed E-state index contributed by atoms with van der Waals surface area (Å²) in [7, 11) is 0. The van der Waals surface area contributed by atoms with Crippen LogP contribution in [0.4, 0.5) is 0 Å². The summed E-state index contributed by atoms with van der Waals surface area (Å²) in [5.74, 6) is 0.447. The van der Waals surface area contributed by atoms with Crippen molar-refractivity contribution in [2.45, 2.75) is 32.0 Å². The molecule has 2 aromatic carbocycles. The van der Waals surface area contributed by atoms with Gasteiger partial charge < -0.3 is 4.90 Å². The number of amides is 1. The molecule has 5 heteroatoms. The summed E-state index contributed by atoms with van der Waals surface area (Å²) in [6.45, 7) is 3.40. The summed E-state index contributed by atoms with van der Waals surface area (Å²) in [6, 6.07) is 15.5. The molecule has 27 heavy (non-hydrogen) atoms. The topological polar surface area (TPSA) is 36.4 Å². The number of piperidine rings is 1. The van der Waals surface area contributed by atoms with Crippen LogP contribution >= 0.6 is 11.3 Å². The smallest absolute Gasteiger partial charge is 0.227 e. The van der Waals surface area contributed by atoms with Gasteiger partial charge in [0.15, 0.2) is 0 Å². The van der Waals surface area contributed by atoms with Gasteiger partial charge in [-0.2, -0.15) is 0 Å². The largest absolute Gasteiger partial charge is 0.332 e. The molecule has 138 valence electrons. The van der Waals surface area contributed by atoms with E-state index < -0.39 is 0 Å². The van der Waals surface area contributed by atoms with Crippen LogP contribution in [0, 0.1) is 5.92 Å². The lowest BCUT2D eigenvalue weighted by molar-refractivity contribution is -0.140. The Labute approximate surface area is 163 Å². The molecule has 1 aromatic heterocycles. The van der Waals surface area contributed by atoms with Crippen molar-refractivity contribution >= 4 is 28.0 Å². The van der Waals surface area contributed by atoms with Gasteiger partial charge in [-0.15, -0.1) is 11.3 Å². The highest BCUT2D eigenvalue weighted by atomic mass is 32.1. The number of benzene rings is 2. The predicted molar refractivity (Wildman–Crippen MR) is 108 cm³/mol. The molecule has 0 radical (unpaired) electrons. The second-order valence-corrected chi connectivity index (χ2v) is 8.47. The van der Waals surface area contributed by atoms with E-state index in [2.05, 4.69) is 62.6 Å². The Hall–Kier alpha value is -2.24. The van der Waals surface area contributed by atoms with Crippen molar-refractivity contribution in [1.82, 2.24) is 14.8 Å². The molecular formula is C22H23N3OS. The Morgan fingerprint density at radius 1 is 1.04 bits per heavy atom. The van der Waals surface area contributed by atoms with E-state index in [1.54, 1.807) is 11.3 Å². The Balaban J connectivity index is 1.35. The van der Waals surface area contributed by atoms with E-state index in [0.29, 0.717) is 18.5 Å². The van der Waals surface area contributed by atoms with Crippen molar-refractivity contribution in [3.05, 3.63) is 64.6 Å². The first kappa shape index (κ1) is 16.9. The first-order chi connectivity index (χ1) is 13.3. The molecule has 4 heterocycles. The van der Waals surface area contributed by atoms with E-state index in [1.165, 1.54) is 16.3 Å². The molecule has 0 N–H and O–H groups in total. The maximum atomic E-state index is 13.0. The van der Waals surface area contributed by atoms with Crippen LogP contribution in [-0.2, 0) is 17.9 Å². The molecule has 3 saturated heterocycles. The number of nitrogens with zero attached hydrogens (tertiary/aromatic N) is 3. The number of fused-ring (bicyclic) bond motifs is 5. The van der Waals surface area contributed by atoms with Crippen LogP contribution in [0.25, 0.3) is 10.8 Å². The van der Waals surface area contributed by atoms with Crippen molar-refractivity contribution in [2.24, 2.45) is 5.92 Å². The lowest BCUT2D eigenvalue weighted by atomic mass is 9.94. The Morgan fingerprint density at radius 2 is 1.93 bits per heavy atom. The fraction of sp³-hybridized carbons (Fsp3) is 0.364. The highest BCUT2D eigenvalue weighted by Gasteiger charge is 2.40. The second-order valence-electron chi connectivity index (χ2n) is 7.75. The van der Waals surface area contributed by atoms with E-state index in [4.69, 9.17) is 0 Å². The summed E-state index contributed by atoms with van der Waals surface area (Å²) in [5, 5.41) is 4.62. The Bertz CT molecular complexity index is 955. The van der Waals surface area contributed by atoms with Crippen molar-refractivity contribution < 1.29 is 4.79 Å². The van der Waals surface area contributed by atoms with Crippen LogP contribution in [0.2, 0.25) is 0 Å². The van der Waals surface area contributed by atoms with Crippen molar-refractivity contribution in [3.63, 3.8) is 0 Å². The maximum Gasteiger partial charge on any atom is 0.227 e. The zero-order valence-corrected chi connectivity index (χ0v) is 16.1. The minimum absolute atomic E-state index is 0.128. The standard InChI is InChI=1S/C22H23N3OS/c26-22-19-7-8-21(25(22)12-20-14-27-15-23-20)13-24(11-19)10-16-5-6-17-3-1-2-4-18(17)9-16/h1-6,9,14-15,19,21H,7-8,10-13H2/t19-,21+/m0/s1. The predicted octanol–water partition coefficient (Wildman–Crippen LogP) is 3.92. The van der Waals surface area contributed by atoms with E-state index in [9.17, 15) is 4.79 Å². The Morgan fingerprint density at radius 3 is 2.78 bits per heavy atom. The van der Waals surface area contributed by atoms with E-state index in [1.807, 2.05) is 5.51 Å². The number of hydrogen-bond donors (Lipinski definition) is 0. The highest BCUT2D eigenvalue weighted by molar-refractivity contribution is 7.07. The molecule has 1 amide bonds. The number of hydrogen-bond acceptors (Lipinski definition) is 4. The summed E-state index contributed by atoms with van der Waals surface area (Å²) in [4.78, 5) is 21.9. The second kappa shape index (κ2) is 7.06. The minimum atomic E-state index is 0.128. The number of carbonyl (C=O) groups excluding carboxylic acids is 1. The molecular weight excluding hydrogens is 354 g/mol. The molecule has 0 spiro atoms. The quantitative estimate of drug-likeness (QED) is 0.691. The van der Waals surface area contributed by atoms with E-state index >= 15 is 0 Å². The average Bonchev–Trinajstić information content (AvgIpc) is 3.07. The normalized spacial score (nSPS) is 23.1. The summed E-state index contributed by atoms with van der Waals surface area (Å²) in [6.07, 6.45) is 2.13. The summed E-state index contributed by atoms with van der Waals surface area (Å²) < 4.78 is 0. The van der Waals surface area contributed by atoms with Gasteiger partial charge >= 0.3 is 0 Å². The van der Waals surface area contributed by atoms with Gasteiger partial charge in [0.25, 0.3) is 0 Å². The molecule has 0 aliphatic carbocycles. The van der Waals surface area contributed by atoms with Crippen LogP contribution in [-0.4, -0.2) is 39.8 Å². The van der Waals surface area contributed by atoms with Crippen LogP contribution in [0.1, 0.15) is 24.1 Å². The van der Waals surface area contributed by atoms with Gasteiger partial charge in [-0.25, -0.2) is 4.98 Å². The average molecular weight is 378 g/mol. The first-order valence-electron chi connectivity index (χ1n) is 9.64. The first-order valence-corrected chi connectivity index (χ1v) is 10.6. The summed E-state index contributed by atoms with van der Waals surface area (Å²) in [5.41, 5.74) is 4.19.